The number of aryl methyl sites for hydroxylation is 1. The normalized spacial score (nSPS) is 12.5. The summed E-state index contributed by atoms with van der Waals surface area (Å²) >= 11 is 6.20. The number of fused-ring (bicyclic) bond motifs is 2. The highest BCUT2D eigenvalue weighted by Gasteiger charge is 2.17. The number of aliphatic hydroxyl groups excluding tert-OH is 1. The molecular weight excluding hydrogens is 661 g/mol. The maximum Gasteiger partial charge on any atom is 0.162 e. The SMILES string of the molecule is C=O.C=O.CC.CCCC.CO.COc1cc2ncnc3c2cc1OCCCN(c1ccccc1C)CCN(C)Cc1cc(F)c(Cl)cc1N3. The van der Waals surface area contributed by atoms with Gasteiger partial charge in [-0.25, -0.2) is 14.4 Å². The van der Waals surface area contributed by atoms with Crippen molar-refractivity contribution in [2.45, 2.75) is 60.4 Å². The van der Waals surface area contributed by atoms with E-state index >= 15 is 0 Å². The number of likely N-dealkylation sites (N-methyl/N-ethyl adjacent to an activating group) is 1. The highest BCUT2D eigenvalue weighted by Crippen LogP contribution is 2.36. The minimum Gasteiger partial charge on any atom is -0.493 e. The lowest BCUT2D eigenvalue weighted by Gasteiger charge is -2.29. The molecule has 0 unspecified atom stereocenters. The van der Waals surface area contributed by atoms with Crippen LogP contribution in [0.5, 0.6) is 11.5 Å². The first-order chi connectivity index (χ1) is 24.3. The standard InChI is InChI=1S/C29H31ClFN5O2.C4H10.C2H6.CH4O.2CH2O/c1-19-7-4-5-8-26(19)36-9-6-12-38-28-14-21-25(16-27(28)37-3)32-18-33-29(21)34-24-15-22(30)23(31)13-20(24)17-35(2)10-11-36;1-3-4-2;4*1-2/h4-5,7-8,13-16,18H,6,9-12,17H2,1-3H3,(H,32,33,34);3-4H2,1-2H3;1-2H3;2H,1H3;2*1H2. The highest BCUT2D eigenvalue weighted by atomic mass is 35.5. The molecule has 1 aliphatic rings. The first-order valence-corrected chi connectivity index (χ1v) is 16.9. The Kier molecular flexibility index (Phi) is 24.2. The Morgan fingerprint density at radius 3 is 2.28 bits per heavy atom. The molecule has 5 rings (SSSR count). The third-order valence-electron chi connectivity index (χ3n) is 7.30. The van der Waals surface area contributed by atoms with Crippen LogP contribution in [-0.4, -0.2) is 81.1 Å². The summed E-state index contributed by atoms with van der Waals surface area (Å²) in [7, 11) is 4.65. The molecule has 10 nitrogen and oxygen atoms in total. The Morgan fingerprint density at radius 1 is 1.00 bits per heavy atom. The summed E-state index contributed by atoms with van der Waals surface area (Å²) in [5.41, 5.74) is 4.59. The van der Waals surface area contributed by atoms with Crippen LogP contribution in [0.4, 0.5) is 21.6 Å². The minimum atomic E-state index is -0.454. The Labute approximate surface area is 302 Å². The molecule has 0 amide bonds. The molecular formula is C38H55ClFN5O5. The smallest absolute Gasteiger partial charge is 0.162 e. The number of anilines is 3. The number of aliphatic hydroxyl groups is 1. The van der Waals surface area contributed by atoms with Gasteiger partial charge < -0.3 is 39.3 Å². The van der Waals surface area contributed by atoms with Crippen LogP contribution in [0.1, 0.15) is 58.1 Å². The molecule has 12 heteroatoms. The van der Waals surface area contributed by atoms with Gasteiger partial charge in [-0.05, 0) is 55.8 Å². The molecule has 3 aromatic carbocycles. The molecule has 50 heavy (non-hydrogen) atoms. The largest absolute Gasteiger partial charge is 0.493 e. The summed E-state index contributed by atoms with van der Waals surface area (Å²) in [6, 6.07) is 15.2. The molecule has 0 saturated heterocycles. The van der Waals surface area contributed by atoms with Gasteiger partial charge >= 0.3 is 0 Å². The Bertz CT molecular complexity index is 1530. The zero-order valence-corrected chi connectivity index (χ0v) is 31.6. The lowest BCUT2D eigenvalue weighted by atomic mass is 10.1. The Morgan fingerprint density at radius 2 is 1.66 bits per heavy atom. The van der Waals surface area contributed by atoms with Crippen LogP contribution in [0.25, 0.3) is 10.9 Å². The average molecular weight is 716 g/mol. The zero-order valence-electron chi connectivity index (χ0n) is 30.9. The number of hydrogen-bond acceptors (Lipinski definition) is 10. The predicted octanol–water partition coefficient (Wildman–Crippen LogP) is 8.28. The quantitative estimate of drug-likeness (QED) is 0.215. The van der Waals surface area contributed by atoms with E-state index in [0.29, 0.717) is 41.7 Å². The number of hydrogen-bond donors (Lipinski definition) is 2. The number of halogens is 2. The molecule has 0 radical (unpaired) electrons. The van der Waals surface area contributed by atoms with E-state index in [-0.39, 0.29) is 5.02 Å². The number of para-hydroxylation sites is 1. The number of benzene rings is 3. The minimum absolute atomic E-state index is 0.0445. The Hall–Kier alpha value is -4.32. The molecule has 276 valence electrons. The van der Waals surface area contributed by atoms with Crippen molar-refractivity contribution in [3.05, 3.63) is 76.8 Å². The van der Waals surface area contributed by atoms with E-state index in [2.05, 4.69) is 70.1 Å². The van der Waals surface area contributed by atoms with Gasteiger partial charge in [-0.3, -0.25) is 0 Å². The topological polar surface area (TPSA) is 117 Å². The maximum atomic E-state index is 14.6. The third-order valence-corrected chi connectivity index (χ3v) is 7.59. The summed E-state index contributed by atoms with van der Waals surface area (Å²) in [5, 5.41) is 11.2. The Balaban J connectivity index is 0.00000179. The molecule has 2 bridgehead atoms. The van der Waals surface area contributed by atoms with Gasteiger partial charge in [-0.15, -0.1) is 0 Å². The number of nitrogens with zero attached hydrogens (tertiary/aromatic N) is 4. The zero-order chi connectivity index (χ0) is 38.1. The molecule has 0 spiro atoms. The molecule has 0 atom stereocenters. The lowest BCUT2D eigenvalue weighted by Crippen LogP contribution is -2.35. The number of methoxy groups -OCH3 is 1. The molecule has 0 saturated carbocycles. The van der Waals surface area contributed by atoms with Crippen molar-refractivity contribution >= 4 is 53.3 Å². The van der Waals surface area contributed by atoms with E-state index in [9.17, 15) is 4.39 Å². The summed E-state index contributed by atoms with van der Waals surface area (Å²) in [6.45, 7) is 18.0. The number of carbonyl (C=O) groups excluding carboxylic acids is 2. The van der Waals surface area contributed by atoms with Gasteiger partial charge in [0.05, 0.1) is 24.3 Å². The van der Waals surface area contributed by atoms with Crippen molar-refractivity contribution in [2.24, 2.45) is 0 Å². The van der Waals surface area contributed by atoms with Gasteiger partial charge in [-0.2, -0.15) is 0 Å². The van der Waals surface area contributed by atoms with Crippen molar-refractivity contribution in [1.82, 2.24) is 14.9 Å². The van der Waals surface area contributed by atoms with Crippen molar-refractivity contribution in [3.8, 4) is 11.5 Å². The maximum absolute atomic E-state index is 14.6. The third kappa shape index (κ3) is 13.9. The summed E-state index contributed by atoms with van der Waals surface area (Å²) in [4.78, 5) is 29.5. The number of ether oxygens (including phenoxy) is 2. The number of nitrogens with one attached hydrogen (secondary N) is 1. The van der Waals surface area contributed by atoms with E-state index < -0.39 is 5.82 Å². The molecule has 0 fully saturated rings. The van der Waals surface area contributed by atoms with Gasteiger partial charge in [0.15, 0.2) is 11.5 Å². The lowest BCUT2D eigenvalue weighted by molar-refractivity contribution is -0.0987. The van der Waals surface area contributed by atoms with Crippen LogP contribution >= 0.6 is 11.6 Å². The van der Waals surface area contributed by atoms with Crippen molar-refractivity contribution in [2.75, 3.05) is 57.7 Å². The van der Waals surface area contributed by atoms with Crippen molar-refractivity contribution in [1.29, 1.82) is 0 Å². The van der Waals surface area contributed by atoms with Crippen LogP contribution in [0, 0.1) is 12.7 Å². The average Bonchev–Trinajstić information content (AvgIpc) is 3.16. The highest BCUT2D eigenvalue weighted by molar-refractivity contribution is 6.31. The van der Waals surface area contributed by atoms with Crippen LogP contribution in [-0.2, 0) is 16.1 Å². The summed E-state index contributed by atoms with van der Waals surface area (Å²) < 4.78 is 26.4. The number of rotatable bonds is 3. The fraction of sp³-hybridized carbons (Fsp3) is 0.421. The second-order valence-corrected chi connectivity index (χ2v) is 10.9. The van der Waals surface area contributed by atoms with Crippen LogP contribution in [0.15, 0.2) is 54.9 Å². The molecule has 4 aromatic rings. The summed E-state index contributed by atoms with van der Waals surface area (Å²) in [6.07, 6.45) is 4.95. The number of carbonyl (C=O) groups is 2. The molecule has 0 aliphatic carbocycles. The van der Waals surface area contributed by atoms with Crippen LogP contribution < -0.4 is 19.7 Å². The first kappa shape index (κ1) is 45.7. The molecule has 1 aromatic heterocycles. The van der Waals surface area contributed by atoms with Gasteiger partial charge in [-0.1, -0.05) is 70.3 Å². The fourth-order valence-corrected chi connectivity index (χ4v) is 4.93. The van der Waals surface area contributed by atoms with Gasteiger partial charge in [0.25, 0.3) is 0 Å². The second kappa shape index (κ2) is 26.5. The van der Waals surface area contributed by atoms with Crippen molar-refractivity contribution < 1.29 is 28.6 Å². The van der Waals surface area contributed by atoms with Crippen LogP contribution in [0.2, 0.25) is 5.02 Å². The summed E-state index contributed by atoms with van der Waals surface area (Å²) in [5.74, 6) is 1.34. The number of aromatic nitrogens is 2. The van der Waals surface area contributed by atoms with E-state index in [4.69, 9.17) is 35.8 Å². The van der Waals surface area contributed by atoms with Gasteiger partial charge in [0.1, 0.15) is 31.5 Å². The monoisotopic (exact) mass is 715 g/mol. The van der Waals surface area contributed by atoms with E-state index in [1.807, 2.05) is 46.6 Å². The first-order valence-electron chi connectivity index (χ1n) is 16.6. The van der Waals surface area contributed by atoms with E-state index in [1.54, 1.807) is 13.2 Å². The molecule has 2 N–H and O–H groups in total. The van der Waals surface area contributed by atoms with Crippen molar-refractivity contribution in [3.63, 3.8) is 0 Å². The number of unbranched alkanes of at least 4 members (excludes halogenated alkanes) is 1. The molecule has 2 heterocycles. The van der Waals surface area contributed by atoms with E-state index in [0.717, 1.165) is 44.1 Å². The second-order valence-electron chi connectivity index (χ2n) is 10.5. The van der Waals surface area contributed by atoms with Gasteiger partial charge in [0.2, 0.25) is 0 Å². The van der Waals surface area contributed by atoms with Crippen LogP contribution in [0.3, 0.4) is 0 Å². The predicted molar refractivity (Wildman–Crippen MR) is 205 cm³/mol. The fourth-order valence-electron chi connectivity index (χ4n) is 4.77. The van der Waals surface area contributed by atoms with Gasteiger partial charge in [0, 0.05) is 56.1 Å². The molecule has 1 aliphatic heterocycles. The van der Waals surface area contributed by atoms with E-state index in [1.165, 1.54) is 36.5 Å².